The monoisotopic (exact) mass is 180 g/mol. The van der Waals surface area contributed by atoms with E-state index in [0.29, 0.717) is 5.92 Å². The molecule has 2 N–H and O–H groups in total. The number of nitrogens with two attached hydrogens (primary N) is 1. The topological polar surface area (TPSA) is 47.6 Å². The van der Waals surface area contributed by atoms with Gasteiger partial charge in [0, 0.05) is 6.21 Å². The molecule has 0 aromatic heterocycles. The van der Waals surface area contributed by atoms with Crippen LogP contribution >= 0.6 is 0 Å². The highest BCUT2D eigenvalue weighted by Gasteiger charge is 2.50. The molecule has 2 bridgehead atoms. The molecule has 0 amide bonds. The summed E-state index contributed by atoms with van der Waals surface area (Å²) in [6.45, 7) is 0. The maximum Gasteiger partial charge on any atom is 0.202 e. The van der Waals surface area contributed by atoms with Crippen LogP contribution in [0.2, 0.25) is 0 Å². The fourth-order valence-corrected chi connectivity index (χ4v) is 3.26. The van der Waals surface area contributed by atoms with Crippen LogP contribution in [0.5, 0.6) is 0 Å². The molecule has 13 heavy (non-hydrogen) atoms. The van der Waals surface area contributed by atoms with Gasteiger partial charge in [-0.2, -0.15) is 0 Å². The standard InChI is InChI=1S/C10H16N2O/c11-9-12-6-10(13-9)5-7-1-3-8(10)4-2-7/h6-9H,1-5,11H2. The van der Waals surface area contributed by atoms with E-state index in [1.54, 1.807) is 0 Å². The second-order valence-corrected chi connectivity index (χ2v) is 4.66. The van der Waals surface area contributed by atoms with Gasteiger partial charge in [-0.1, -0.05) is 0 Å². The van der Waals surface area contributed by atoms with Crippen molar-refractivity contribution in [1.82, 2.24) is 0 Å². The van der Waals surface area contributed by atoms with Crippen LogP contribution in [0.15, 0.2) is 4.99 Å². The lowest BCUT2D eigenvalue weighted by Gasteiger charge is -2.47. The highest BCUT2D eigenvalue weighted by atomic mass is 16.5. The van der Waals surface area contributed by atoms with E-state index in [4.69, 9.17) is 10.5 Å². The zero-order chi connectivity index (χ0) is 8.89. The molecule has 72 valence electrons. The molecule has 2 unspecified atom stereocenters. The first-order chi connectivity index (χ1) is 6.28. The lowest BCUT2D eigenvalue weighted by Crippen LogP contribution is -2.50. The second-order valence-electron chi connectivity index (χ2n) is 4.66. The van der Waals surface area contributed by atoms with Gasteiger partial charge >= 0.3 is 0 Å². The van der Waals surface area contributed by atoms with E-state index in [-0.39, 0.29) is 12.0 Å². The Hall–Kier alpha value is -0.410. The van der Waals surface area contributed by atoms with Gasteiger partial charge in [-0.15, -0.1) is 0 Å². The van der Waals surface area contributed by atoms with E-state index in [2.05, 4.69) is 4.99 Å². The van der Waals surface area contributed by atoms with Crippen molar-refractivity contribution in [1.29, 1.82) is 0 Å². The molecule has 1 aliphatic heterocycles. The van der Waals surface area contributed by atoms with E-state index in [1.165, 1.54) is 25.7 Å². The Morgan fingerprint density at radius 1 is 1.31 bits per heavy atom. The summed E-state index contributed by atoms with van der Waals surface area (Å²) >= 11 is 0. The van der Waals surface area contributed by atoms with Crippen molar-refractivity contribution in [2.45, 2.75) is 44.1 Å². The SMILES string of the molecule is NC1N=CC2(CC3CCC2CC3)O1. The molecule has 0 aromatic carbocycles. The average molecular weight is 180 g/mol. The van der Waals surface area contributed by atoms with E-state index < -0.39 is 0 Å². The molecule has 4 aliphatic rings. The molecule has 3 aliphatic carbocycles. The van der Waals surface area contributed by atoms with Crippen molar-refractivity contribution in [3.63, 3.8) is 0 Å². The average Bonchev–Trinajstić information content (AvgIpc) is 2.49. The van der Waals surface area contributed by atoms with Gasteiger partial charge in [-0.25, -0.2) is 4.99 Å². The molecular weight excluding hydrogens is 164 g/mol. The van der Waals surface area contributed by atoms with Gasteiger partial charge in [0.25, 0.3) is 0 Å². The molecule has 1 spiro atoms. The molecule has 3 nitrogen and oxygen atoms in total. The highest BCUT2D eigenvalue weighted by Crippen LogP contribution is 2.49. The largest absolute Gasteiger partial charge is 0.331 e. The van der Waals surface area contributed by atoms with Crippen LogP contribution in [0.4, 0.5) is 0 Å². The molecular formula is C10H16N2O. The summed E-state index contributed by atoms with van der Waals surface area (Å²) in [5.41, 5.74) is 5.60. The fourth-order valence-electron chi connectivity index (χ4n) is 3.26. The van der Waals surface area contributed by atoms with Crippen molar-refractivity contribution in [2.24, 2.45) is 22.6 Å². The molecule has 0 radical (unpaired) electrons. The molecule has 3 heteroatoms. The molecule has 1 heterocycles. The van der Waals surface area contributed by atoms with Crippen molar-refractivity contribution < 1.29 is 4.74 Å². The number of ether oxygens (including phenoxy) is 1. The van der Waals surface area contributed by atoms with Crippen LogP contribution in [0.3, 0.4) is 0 Å². The molecule has 2 atom stereocenters. The van der Waals surface area contributed by atoms with Crippen LogP contribution < -0.4 is 5.73 Å². The Kier molecular flexibility index (Phi) is 1.56. The van der Waals surface area contributed by atoms with Gasteiger partial charge < -0.3 is 4.74 Å². The third kappa shape index (κ3) is 1.07. The summed E-state index contributed by atoms with van der Waals surface area (Å²) in [5, 5.41) is 0. The van der Waals surface area contributed by atoms with E-state index in [1.807, 2.05) is 6.21 Å². The van der Waals surface area contributed by atoms with Crippen molar-refractivity contribution >= 4 is 6.21 Å². The van der Waals surface area contributed by atoms with E-state index in [9.17, 15) is 0 Å². The first-order valence-electron chi connectivity index (χ1n) is 5.26. The molecule has 0 saturated heterocycles. The number of rotatable bonds is 0. The number of hydrogen-bond donors (Lipinski definition) is 1. The normalized spacial score (nSPS) is 53.5. The zero-order valence-electron chi connectivity index (χ0n) is 7.78. The Labute approximate surface area is 78.4 Å². The lowest BCUT2D eigenvalue weighted by atomic mass is 9.62. The smallest absolute Gasteiger partial charge is 0.202 e. The fraction of sp³-hybridized carbons (Fsp3) is 0.900. The second kappa shape index (κ2) is 2.55. The minimum absolute atomic E-state index is 0.0550. The Bertz CT molecular complexity index is 245. The van der Waals surface area contributed by atoms with Gasteiger partial charge in [0.2, 0.25) is 6.35 Å². The van der Waals surface area contributed by atoms with E-state index >= 15 is 0 Å². The lowest BCUT2D eigenvalue weighted by molar-refractivity contribution is -0.109. The third-order valence-electron chi connectivity index (χ3n) is 3.93. The van der Waals surface area contributed by atoms with Gasteiger partial charge in [0.15, 0.2) is 0 Å². The van der Waals surface area contributed by atoms with Gasteiger partial charge in [-0.3, -0.25) is 5.73 Å². The van der Waals surface area contributed by atoms with E-state index in [0.717, 1.165) is 12.3 Å². The summed E-state index contributed by atoms with van der Waals surface area (Å²) in [6, 6.07) is 0. The quantitative estimate of drug-likeness (QED) is 0.610. The minimum Gasteiger partial charge on any atom is -0.331 e. The summed E-state index contributed by atoms with van der Waals surface area (Å²) < 4.78 is 5.78. The third-order valence-corrected chi connectivity index (χ3v) is 3.93. The summed E-state index contributed by atoms with van der Waals surface area (Å²) in [5.74, 6) is 1.55. The molecule has 3 saturated carbocycles. The predicted molar refractivity (Wildman–Crippen MR) is 50.3 cm³/mol. The van der Waals surface area contributed by atoms with Gasteiger partial charge in [0.1, 0.15) is 5.60 Å². The Morgan fingerprint density at radius 2 is 2.08 bits per heavy atom. The van der Waals surface area contributed by atoms with Crippen molar-refractivity contribution in [3.05, 3.63) is 0 Å². The van der Waals surface area contributed by atoms with Gasteiger partial charge in [-0.05, 0) is 43.9 Å². The van der Waals surface area contributed by atoms with Crippen molar-refractivity contribution in [3.8, 4) is 0 Å². The predicted octanol–water partition coefficient (Wildman–Crippen LogP) is 1.28. The zero-order valence-corrected chi connectivity index (χ0v) is 7.78. The van der Waals surface area contributed by atoms with Crippen LogP contribution in [0.1, 0.15) is 32.1 Å². The van der Waals surface area contributed by atoms with Crippen LogP contribution in [-0.2, 0) is 4.74 Å². The maximum atomic E-state index is 5.78. The van der Waals surface area contributed by atoms with Crippen LogP contribution in [0, 0.1) is 11.8 Å². The summed E-state index contributed by atoms with van der Waals surface area (Å²) in [4.78, 5) is 4.16. The number of fused-ring (bicyclic) bond motifs is 2. The molecule has 3 fully saturated rings. The minimum atomic E-state index is -0.389. The highest BCUT2D eigenvalue weighted by molar-refractivity contribution is 5.71. The summed E-state index contributed by atoms with van der Waals surface area (Å²) in [6.07, 6.45) is 8.16. The first kappa shape index (κ1) is 7.94. The molecule has 0 aromatic rings. The number of hydrogen-bond acceptors (Lipinski definition) is 3. The van der Waals surface area contributed by atoms with Crippen LogP contribution in [-0.4, -0.2) is 18.2 Å². The maximum absolute atomic E-state index is 5.78. The Morgan fingerprint density at radius 3 is 2.54 bits per heavy atom. The molecule has 4 rings (SSSR count). The first-order valence-corrected chi connectivity index (χ1v) is 5.26. The van der Waals surface area contributed by atoms with Crippen LogP contribution in [0.25, 0.3) is 0 Å². The number of nitrogens with zero attached hydrogens (tertiary/aromatic N) is 1. The summed E-state index contributed by atoms with van der Waals surface area (Å²) in [7, 11) is 0. The van der Waals surface area contributed by atoms with Crippen molar-refractivity contribution in [2.75, 3.05) is 0 Å². The Balaban J connectivity index is 1.88. The van der Waals surface area contributed by atoms with Gasteiger partial charge in [0.05, 0.1) is 0 Å². The number of aliphatic imine (C=N–C) groups is 1.